The molecule has 23 heavy (non-hydrogen) atoms. The highest BCUT2D eigenvalue weighted by atomic mass is 79.9. The van der Waals surface area contributed by atoms with Crippen molar-refractivity contribution in [2.75, 3.05) is 7.11 Å². The second kappa shape index (κ2) is 6.54. The van der Waals surface area contributed by atoms with E-state index in [2.05, 4.69) is 21.0 Å². The van der Waals surface area contributed by atoms with Crippen molar-refractivity contribution >= 4 is 27.5 Å². The maximum Gasteiger partial charge on any atom is 0.240 e. The van der Waals surface area contributed by atoms with Crippen LogP contribution in [0, 0.1) is 0 Å². The van der Waals surface area contributed by atoms with Gasteiger partial charge in [-0.25, -0.2) is 5.01 Å². The van der Waals surface area contributed by atoms with E-state index >= 15 is 0 Å². The van der Waals surface area contributed by atoms with E-state index in [1.54, 1.807) is 19.0 Å². The standard InChI is InChI=1S/C18H17BrN2O2/c1-12(22)21-18(14-5-9-16(23-2)10-6-14)11-17(20-21)13-3-7-15(19)8-4-13/h3-10,18H,11H2,1-2H3/t18-/m1/s1. The quantitative estimate of drug-likeness (QED) is 0.811. The van der Waals surface area contributed by atoms with Crippen molar-refractivity contribution in [3.05, 3.63) is 64.1 Å². The highest BCUT2D eigenvalue weighted by Crippen LogP contribution is 2.33. The van der Waals surface area contributed by atoms with E-state index in [4.69, 9.17) is 4.74 Å². The van der Waals surface area contributed by atoms with Gasteiger partial charge in [-0.15, -0.1) is 0 Å². The van der Waals surface area contributed by atoms with Crippen molar-refractivity contribution in [3.8, 4) is 5.75 Å². The molecule has 0 spiro atoms. The normalized spacial score (nSPS) is 17.1. The van der Waals surface area contributed by atoms with Gasteiger partial charge in [0.15, 0.2) is 0 Å². The molecule has 2 aromatic rings. The molecular formula is C18H17BrN2O2. The van der Waals surface area contributed by atoms with E-state index in [9.17, 15) is 4.79 Å². The molecule has 1 atom stereocenters. The van der Waals surface area contributed by atoms with Crippen LogP contribution in [0.5, 0.6) is 5.75 Å². The van der Waals surface area contributed by atoms with Crippen molar-refractivity contribution in [1.29, 1.82) is 0 Å². The average Bonchev–Trinajstić information content (AvgIpc) is 3.01. The molecule has 0 saturated heterocycles. The molecule has 0 aliphatic carbocycles. The summed E-state index contributed by atoms with van der Waals surface area (Å²) >= 11 is 3.43. The zero-order valence-electron chi connectivity index (χ0n) is 13.0. The maximum absolute atomic E-state index is 12.0. The number of methoxy groups -OCH3 is 1. The minimum Gasteiger partial charge on any atom is -0.497 e. The third-order valence-corrected chi connectivity index (χ3v) is 4.44. The van der Waals surface area contributed by atoms with Gasteiger partial charge >= 0.3 is 0 Å². The van der Waals surface area contributed by atoms with Crippen molar-refractivity contribution in [2.24, 2.45) is 5.10 Å². The summed E-state index contributed by atoms with van der Waals surface area (Å²) < 4.78 is 6.22. The molecule has 0 aromatic heterocycles. The fourth-order valence-electron chi connectivity index (χ4n) is 2.70. The molecule has 0 fully saturated rings. The molecule has 1 heterocycles. The largest absolute Gasteiger partial charge is 0.497 e. The van der Waals surface area contributed by atoms with Crippen LogP contribution in [0.1, 0.15) is 30.5 Å². The van der Waals surface area contributed by atoms with Gasteiger partial charge in [-0.05, 0) is 35.4 Å². The average molecular weight is 373 g/mol. The van der Waals surface area contributed by atoms with Crippen LogP contribution in [-0.2, 0) is 4.79 Å². The van der Waals surface area contributed by atoms with E-state index in [1.807, 2.05) is 48.5 Å². The summed E-state index contributed by atoms with van der Waals surface area (Å²) in [6, 6.07) is 15.7. The molecule has 0 radical (unpaired) electrons. The van der Waals surface area contributed by atoms with Gasteiger partial charge < -0.3 is 4.74 Å². The van der Waals surface area contributed by atoms with Gasteiger partial charge in [-0.2, -0.15) is 5.10 Å². The lowest BCUT2D eigenvalue weighted by atomic mass is 9.98. The number of hydrogen-bond acceptors (Lipinski definition) is 3. The first-order chi connectivity index (χ1) is 11.1. The molecule has 5 heteroatoms. The number of amides is 1. The van der Waals surface area contributed by atoms with Gasteiger partial charge in [-0.1, -0.05) is 40.2 Å². The van der Waals surface area contributed by atoms with Crippen molar-refractivity contribution in [2.45, 2.75) is 19.4 Å². The van der Waals surface area contributed by atoms with Crippen molar-refractivity contribution in [3.63, 3.8) is 0 Å². The number of hydrogen-bond donors (Lipinski definition) is 0. The summed E-state index contributed by atoms with van der Waals surface area (Å²) in [6.45, 7) is 1.55. The number of carbonyl (C=O) groups excluding carboxylic acids is 1. The molecule has 0 unspecified atom stereocenters. The molecule has 0 saturated carbocycles. The molecule has 3 rings (SSSR count). The first kappa shape index (κ1) is 15.7. The molecular weight excluding hydrogens is 356 g/mol. The number of nitrogens with zero attached hydrogens (tertiary/aromatic N) is 2. The fourth-order valence-corrected chi connectivity index (χ4v) is 2.97. The van der Waals surface area contributed by atoms with Crippen LogP contribution >= 0.6 is 15.9 Å². The molecule has 0 bridgehead atoms. The van der Waals surface area contributed by atoms with E-state index in [0.717, 1.165) is 27.1 Å². The summed E-state index contributed by atoms with van der Waals surface area (Å²) in [5.74, 6) is 0.744. The number of ether oxygens (including phenoxy) is 1. The van der Waals surface area contributed by atoms with E-state index in [1.165, 1.54) is 0 Å². The second-order valence-electron chi connectivity index (χ2n) is 5.41. The Bertz CT molecular complexity index is 739. The Morgan fingerprint density at radius 3 is 2.39 bits per heavy atom. The number of halogens is 1. The van der Waals surface area contributed by atoms with Crippen LogP contribution in [0.15, 0.2) is 58.1 Å². The van der Waals surface area contributed by atoms with Crippen LogP contribution in [0.2, 0.25) is 0 Å². The van der Waals surface area contributed by atoms with Crippen LogP contribution < -0.4 is 4.74 Å². The predicted molar refractivity (Wildman–Crippen MR) is 93.6 cm³/mol. The Balaban J connectivity index is 1.90. The van der Waals surface area contributed by atoms with Gasteiger partial charge in [0.1, 0.15) is 5.75 Å². The summed E-state index contributed by atoms with van der Waals surface area (Å²) in [7, 11) is 1.64. The summed E-state index contributed by atoms with van der Waals surface area (Å²) in [6.07, 6.45) is 0.702. The third kappa shape index (κ3) is 3.29. The number of hydrazone groups is 1. The Morgan fingerprint density at radius 1 is 1.17 bits per heavy atom. The minimum atomic E-state index is -0.0722. The Hall–Kier alpha value is -2.14. The number of benzene rings is 2. The second-order valence-corrected chi connectivity index (χ2v) is 6.33. The number of rotatable bonds is 3. The van der Waals surface area contributed by atoms with E-state index in [-0.39, 0.29) is 11.9 Å². The van der Waals surface area contributed by atoms with Crippen LogP contribution in [0.25, 0.3) is 0 Å². The van der Waals surface area contributed by atoms with E-state index < -0.39 is 0 Å². The third-order valence-electron chi connectivity index (χ3n) is 3.91. The highest BCUT2D eigenvalue weighted by molar-refractivity contribution is 9.10. The van der Waals surface area contributed by atoms with Crippen LogP contribution in [0.3, 0.4) is 0 Å². The Morgan fingerprint density at radius 2 is 1.83 bits per heavy atom. The minimum absolute atomic E-state index is 0.0575. The molecule has 1 aliphatic heterocycles. The van der Waals surface area contributed by atoms with E-state index in [0.29, 0.717) is 6.42 Å². The number of carbonyl (C=O) groups is 1. The highest BCUT2D eigenvalue weighted by Gasteiger charge is 2.31. The smallest absolute Gasteiger partial charge is 0.240 e. The van der Waals surface area contributed by atoms with Crippen molar-refractivity contribution < 1.29 is 9.53 Å². The summed E-state index contributed by atoms with van der Waals surface area (Å²) in [4.78, 5) is 12.0. The zero-order chi connectivity index (χ0) is 16.4. The first-order valence-corrected chi connectivity index (χ1v) is 8.15. The van der Waals surface area contributed by atoms with Crippen LogP contribution in [0.4, 0.5) is 0 Å². The monoisotopic (exact) mass is 372 g/mol. The molecule has 2 aromatic carbocycles. The van der Waals surface area contributed by atoms with Gasteiger partial charge in [0.2, 0.25) is 5.91 Å². The van der Waals surface area contributed by atoms with Gasteiger partial charge in [-0.3, -0.25) is 4.79 Å². The lowest BCUT2D eigenvalue weighted by Crippen LogP contribution is -2.24. The van der Waals surface area contributed by atoms with Gasteiger partial charge in [0.05, 0.1) is 18.9 Å². The van der Waals surface area contributed by atoms with Gasteiger partial charge in [0.25, 0.3) is 0 Å². The lowest BCUT2D eigenvalue weighted by molar-refractivity contribution is -0.130. The summed E-state index contributed by atoms with van der Waals surface area (Å²) in [5.41, 5.74) is 3.01. The molecule has 118 valence electrons. The summed E-state index contributed by atoms with van der Waals surface area (Å²) in [5, 5.41) is 6.11. The molecule has 0 N–H and O–H groups in total. The van der Waals surface area contributed by atoms with Crippen molar-refractivity contribution in [1.82, 2.24) is 5.01 Å². The SMILES string of the molecule is COc1ccc([C@H]2CC(c3ccc(Br)cc3)=NN2C(C)=O)cc1. The fraction of sp³-hybridized carbons (Fsp3) is 0.222. The maximum atomic E-state index is 12.0. The predicted octanol–water partition coefficient (Wildman–Crippen LogP) is 4.16. The topological polar surface area (TPSA) is 41.9 Å². The Labute approximate surface area is 143 Å². The molecule has 4 nitrogen and oxygen atoms in total. The van der Waals surface area contributed by atoms with Crippen LogP contribution in [-0.4, -0.2) is 23.7 Å². The first-order valence-electron chi connectivity index (χ1n) is 7.35. The zero-order valence-corrected chi connectivity index (χ0v) is 14.6. The Kier molecular flexibility index (Phi) is 4.48. The molecule has 1 amide bonds. The van der Waals surface area contributed by atoms with Gasteiger partial charge in [0, 0.05) is 17.8 Å². The lowest BCUT2D eigenvalue weighted by Gasteiger charge is -2.20. The molecule has 1 aliphatic rings.